The predicted octanol–water partition coefficient (Wildman–Crippen LogP) is 3.23. The Morgan fingerprint density at radius 3 is 2.92 bits per heavy atom. The van der Waals surface area contributed by atoms with Gasteiger partial charge in [-0.15, -0.1) is 11.3 Å². The van der Waals surface area contributed by atoms with Gasteiger partial charge in [-0.3, -0.25) is 9.59 Å². The number of fused-ring (bicyclic) bond motifs is 1. The van der Waals surface area contributed by atoms with Crippen LogP contribution in [0.3, 0.4) is 0 Å². The van der Waals surface area contributed by atoms with Crippen LogP contribution in [-0.2, 0) is 6.54 Å². The fourth-order valence-corrected chi connectivity index (χ4v) is 3.45. The van der Waals surface area contributed by atoms with Gasteiger partial charge in [-0.1, -0.05) is 11.6 Å². The average Bonchev–Trinajstić information content (AvgIpc) is 2.98. The van der Waals surface area contributed by atoms with Crippen molar-refractivity contribution in [1.82, 2.24) is 14.9 Å². The molecule has 0 saturated heterocycles. The number of aryl methyl sites for hydroxylation is 1. The number of thiophene rings is 1. The van der Waals surface area contributed by atoms with Gasteiger partial charge in [-0.2, -0.15) is 0 Å². The Kier molecular flexibility index (Phi) is 4.55. The van der Waals surface area contributed by atoms with Crippen molar-refractivity contribution in [3.05, 3.63) is 51.0 Å². The number of hydrogen-bond acceptors (Lipinski definition) is 5. The molecular weight excluding hydrogens is 348 g/mol. The molecule has 3 aromatic heterocycles. The van der Waals surface area contributed by atoms with E-state index in [1.807, 2.05) is 18.4 Å². The van der Waals surface area contributed by atoms with E-state index in [0.717, 1.165) is 4.70 Å². The second kappa shape index (κ2) is 6.62. The van der Waals surface area contributed by atoms with Gasteiger partial charge in [0.15, 0.2) is 0 Å². The summed E-state index contributed by atoms with van der Waals surface area (Å²) in [5.41, 5.74) is 1.43. The van der Waals surface area contributed by atoms with E-state index in [1.54, 1.807) is 23.9 Å². The highest BCUT2D eigenvalue weighted by molar-refractivity contribution is 7.17. The summed E-state index contributed by atoms with van der Waals surface area (Å²) in [5.74, 6) is -0.285. The van der Waals surface area contributed by atoms with Gasteiger partial charge in [-0.25, -0.2) is 4.98 Å². The molecule has 0 saturated carbocycles. The van der Waals surface area contributed by atoms with Crippen molar-refractivity contribution >= 4 is 50.3 Å². The number of nitrogens with one attached hydrogen (secondary N) is 2. The van der Waals surface area contributed by atoms with E-state index in [-0.39, 0.29) is 16.6 Å². The van der Waals surface area contributed by atoms with E-state index in [4.69, 9.17) is 11.6 Å². The molecule has 0 atom stereocenters. The fraction of sp³-hybridized carbons (Fsp3) is 0.188. The molecule has 1 amide bonds. The molecule has 124 valence electrons. The number of anilines is 2. The molecule has 0 radical (unpaired) electrons. The summed E-state index contributed by atoms with van der Waals surface area (Å²) < 4.78 is 2.52. The van der Waals surface area contributed by atoms with Gasteiger partial charge in [0.05, 0.1) is 22.3 Å². The third-order valence-electron chi connectivity index (χ3n) is 3.65. The second-order valence-corrected chi connectivity index (χ2v) is 6.35. The van der Waals surface area contributed by atoms with Gasteiger partial charge >= 0.3 is 0 Å². The minimum atomic E-state index is -0.285. The first-order valence-corrected chi connectivity index (χ1v) is 8.56. The van der Waals surface area contributed by atoms with Crippen LogP contribution in [0.4, 0.5) is 11.4 Å². The SMILES string of the molecule is CCn1ccc2scc(Nc3cc(Cl)ncc3C(=O)NC)c2c1=O. The topological polar surface area (TPSA) is 76.0 Å². The zero-order valence-electron chi connectivity index (χ0n) is 13.1. The number of nitrogens with zero attached hydrogens (tertiary/aromatic N) is 2. The van der Waals surface area contributed by atoms with Gasteiger partial charge in [0.25, 0.3) is 11.5 Å². The Balaban J connectivity index is 2.13. The molecule has 6 nitrogen and oxygen atoms in total. The number of aromatic nitrogens is 2. The first-order valence-electron chi connectivity index (χ1n) is 7.30. The van der Waals surface area contributed by atoms with Crippen molar-refractivity contribution in [2.24, 2.45) is 0 Å². The summed E-state index contributed by atoms with van der Waals surface area (Å²) in [6, 6.07) is 3.48. The van der Waals surface area contributed by atoms with Crippen molar-refractivity contribution < 1.29 is 4.79 Å². The highest BCUT2D eigenvalue weighted by Gasteiger charge is 2.15. The minimum absolute atomic E-state index is 0.0691. The molecule has 2 N–H and O–H groups in total. The first kappa shape index (κ1) is 16.5. The van der Waals surface area contributed by atoms with Crippen molar-refractivity contribution in [3.63, 3.8) is 0 Å². The number of rotatable bonds is 4. The van der Waals surface area contributed by atoms with Gasteiger partial charge < -0.3 is 15.2 Å². The smallest absolute Gasteiger partial charge is 0.261 e. The molecule has 0 unspecified atom stereocenters. The Morgan fingerprint density at radius 2 is 2.21 bits per heavy atom. The van der Waals surface area contributed by atoms with Gasteiger partial charge in [0.2, 0.25) is 0 Å². The number of hydrogen-bond donors (Lipinski definition) is 2. The van der Waals surface area contributed by atoms with Crippen LogP contribution in [0, 0.1) is 0 Å². The number of halogens is 1. The van der Waals surface area contributed by atoms with Crippen LogP contribution in [0.25, 0.3) is 10.1 Å². The minimum Gasteiger partial charge on any atom is -0.355 e. The highest BCUT2D eigenvalue weighted by Crippen LogP contribution is 2.31. The summed E-state index contributed by atoms with van der Waals surface area (Å²) in [4.78, 5) is 28.5. The van der Waals surface area contributed by atoms with E-state index in [1.165, 1.54) is 17.5 Å². The largest absolute Gasteiger partial charge is 0.355 e. The lowest BCUT2D eigenvalue weighted by Gasteiger charge is -2.11. The second-order valence-electron chi connectivity index (χ2n) is 5.05. The van der Waals surface area contributed by atoms with E-state index in [9.17, 15) is 9.59 Å². The molecule has 8 heteroatoms. The summed E-state index contributed by atoms with van der Waals surface area (Å²) in [5, 5.41) is 8.43. The predicted molar refractivity (Wildman–Crippen MR) is 97.7 cm³/mol. The number of pyridine rings is 2. The Hall–Kier alpha value is -2.38. The standard InChI is InChI=1S/C16H15ClN4O2S/c1-3-21-5-4-12-14(16(21)23)11(8-24-12)20-10-6-13(17)19-7-9(10)15(22)18-2/h4-8H,3H2,1-2H3,(H,18,22)(H,19,20). The molecule has 0 spiro atoms. The zero-order chi connectivity index (χ0) is 17.3. The number of carbonyl (C=O) groups excluding carboxylic acids is 1. The lowest BCUT2D eigenvalue weighted by Crippen LogP contribution is -2.20. The van der Waals surface area contributed by atoms with Crippen LogP contribution in [0.2, 0.25) is 5.15 Å². The van der Waals surface area contributed by atoms with Crippen molar-refractivity contribution in [1.29, 1.82) is 0 Å². The maximum Gasteiger partial charge on any atom is 0.261 e. The van der Waals surface area contributed by atoms with Gasteiger partial charge in [0, 0.05) is 36.1 Å². The van der Waals surface area contributed by atoms with Crippen LogP contribution >= 0.6 is 22.9 Å². The third-order valence-corrected chi connectivity index (χ3v) is 4.81. The molecule has 3 heterocycles. The molecule has 0 bridgehead atoms. The number of amides is 1. The maximum atomic E-state index is 12.6. The van der Waals surface area contributed by atoms with E-state index in [0.29, 0.717) is 28.9 Å². The molecule has 0 aliphatic carbocycles. The summed E-state index contributed by atoms with van der Waals surface area (Å²) in [6.45, 7) is 2.51. The lowest BCUT2D eigenvalue weighted by atomic mass is 10.2. The third kappa shape index (κ3) is 2.88. The van der Waals surface area contributed by atoms with E-state index < -0.39 is 0 Å². The monoisotopic (exact) mass is 362 g/mol. The molecule has 24 heavy (non-hydrogen) atoms. The molecule has 0 fully saturated rings. The summed E-state index contributed by atoms with van der Waals surface area (Å²) >= 11 is 7.42. The molecular formula is C16H15ClN4O2S. The Morgan fingerprint density at radius 1 is 1.42 bits per heavy atom. The van der Waals surface area contributed by atoms with Crippen LogP contribution < -0.4 is 16.2 Å². The maximum absolute atomic E-state index is 12.6. The molecule has 3 rings (SSSR count). The highest BCUT2D eigenvalue weighted by atomic mass is 35.5. The number of carbonyl (C=O) groups is 1. The average molecular weight is 363 g/mol. The fourth-order valence-electron chi connectivity index (χ4n) is 2.42. The molecule has 0 aliphatic heterocycles. The van der Waals surface area contributed by atoms with Gasteiger partial charge in [-0.05, 0) is 19.1 Å². The molecule has 3 aromatic rings. The van der Waals surface area contributed by atoms with Crippen molar-refractivity contribution in [3.8, 4) is 0 Å². The van der Waals surface area contributed by atoms with Crippen molar-refractivity contribution in [2.45, 2.75) is 13.5 Å². The van der Waals surface area contributed by atoms with Crippen molar-refractivity contribution in [2.75, 3.05) is 12.4 Å². The molecule has 0 aliphatic rings. The normalized spacial score (nSPS) is 10.8. The van der Waals surface area contributed by atoms with E-state index >= 15 is 0 Å². The van der Waals surface area contributed by atoms with Crippen LogP contribution in [-0.4, -0.2) is 22.5 Å². The Bertz CT molecular complexity index is 980. The van der Waals surface area contributed by atoms with Crippen LogP contribution in [0.15, 0.2) is 34.7 Å². The lowest BCUT2D eigenvalue weighted by molar-refractivity contribution is 0.0963. The van der Waals surface area contributed by atoms with Crippen LogP contribution in [0.5, 0.6) is 0 Å². The summed E-state index contributed by atoms with van der Waals surface area (Å²) in [6.07, 6.45) is 3.19. The van der Waals surface area contributed by atoms with E-state index in [2.05, 4.69) is 15.6 Å². The first-order chi connectivity index (χ1) is 11.5. The quantitative estimate of drug-likeness (QED) is 0.698. The Labute approximate surface area is 147 Å². The van der Waals surface area contributed by atoms with Crippen LogP contribution in [0.1, 0.15) is 17.3 Å². The summed E-state index contributed by atoms with van der Waals surface area (Å²) in [7, 11) is 1.54. The molecule has 0 aromatic carbocycles. The zero-order valence-corrected chi connectivity index (χ0v) is 14.7. The van der Waals surface area contributed by atoms with Gasteiger partial charge in [0.1, 0.15) is 5.15 Å².